The average molecular weight is 168 g/mol. The van der Waals surface area contributed by atoms with Crippen molar-refractivity contribution < 1.29 is 0 Å². The van der Waals surface area contributed by atoms with E-state index in [4.69, 9.17) is 5.73 Å². The molecule has 12 heavy (non-hydrogen) atoms. The zero-order chi connectivity index (χ0) is 8.55. The van der Waals surface area contributed by atoms with E-state index in [2.05, 4.69) is 11.8 Å². The first kappa shape index (κ1) is 8.52. The topological polar surface area (TPSA) is 29.3 Å². The fraction of sp³-hybridized carbons (Fsp3) is 1.00. The van der Waals surface area contributed by atoms with Crippen LogP contribution < -0.4 is 5.73 Å². The lowest BCUT2D eigenvalue weighted by atomic mass is 10.2. The van der Waals surface area contributed by atoms with Gasteiger partial charge in [-0.2, -0.15) is 0 Å². The van der Waals surface area contributed by atoms with E-state index in [0.717, 1.165) is 12.1 Å². The lowest BCUT2D eigenvalue weighted by molar-refractivity contribution is 0.191. The Morgan fingerprint density at radius 1 is 1.25 bits per heavy atom. The van der Waals surface area contributed by atoms with Gasteiger partial charge < -0.3 is 5.73 Å². The first-order valence-electron chi connectivity index (χ1n) is 5.28. The summed E-state index contributed by atoms with van der Waals surface area (Å²) in [7, 11) is 0. The number of hydrogen-bond donors (Lipinski definition) is 1. The van der Waals surface area contributed by atoms with Crippen LogP contribution in [-0.4, -0.2) is 29.6 Å². The molecule has 1 aliphatic heterocycles. The van der Waals surface area contributed by atoms with E-state index in [1.807, 2.05) is 0 Å². The van der Waals surface area contributed by atoms with Gasteiger partial charge in [0.15, 0.2) is 0 Å². The van der Waals surface area contributed by atoms with E-state index < -0.39 is 0 Å². The predicted octanol–water partition coefficient (Wildman–Crippen LogP) is 1.35. The number of likely N-dealkylation sites (tertiary alicyclic amines) is 1. The van der Waals surface area contributed by atoms with Gasteiger partial charge in [-0.3, -0.25) is 4.90 Å². The summed E-state index contributed by atoms with van der Waals surface area (Å²) >= 11 is 0. The highest BCUT2D eigenvalue weighted by molar-refractivity contribution is 4.89. The van der Waals surface area contributed by atoms with Crippen molar-refractivity contribution in [3.05, 3.63) is 0 Å². The van der Waals surface area contributed by atoms with Crippen molar-refractivity contribution in [2.75, 3.05) is 6.54 Å². The van der Waals surface area contributed by atoms with Gasteiger partial charge in [-0.1, -0.05) is 0 Å². The molecule has 1 saturated heterocycles. The minimum absolute atomic E-state index is 0.489. The number of hydrogen-bond acceptors (Lipinski definition) is 2. The summed E-state index contributed by atoms with van der Waals surface area (Å²) in [6, 6.07) is 2.13. The van der Waals surface area contributed by atoms with Crippen molar-refractivity contribution in [2.45, 2.75) is 57.2 Å². The van der Waals surface area contributed by atoms with Crippen LogP contribution in [0.25, 0.3) is 0 Å². The van der Waals surface area contributed by atoms with Crippen molar-refractivity contribution >= 4 is 0 Å². The van der Waals surface area contributed by atoms with Gasteiger partial charge in [0.25, 0.3) is 0 Å². The minimum atomic E-state index is 0.489. The molecule has 0 aromatic carbocycles. The number of nitrogens with zero attached hydrogens (tertiary/aromatic N) is 1. The van der Waals surface area contributed by atoms with Crippen LogP contribution in [0.2, 0.25) is 0 Å². The van der Waals surface area contributed by atoms with E-state index in [-0.39, 0.29) is 0 Å². The molecule has 2 rings (SSSR count). The molecule has 3 unspecified atom stereocenters. The van der Waals surface area contributed by atoms with Crippen LogP contribution in [0.15, 0.2) is 0 Å². The zero-order valence-corrected chi connectivity index (χ0v) is 8.00. The largest absolute Gasteiger partial charge is 0.328 e. The van der Waals surface area contributed by atoms with Crippen LogP contribution in [0.5, 0.6) is 0 Å². The van der Waals surface area contributed by atoms with Gasteiger partial charge in [0.05, 0.1) is 0 Å². The Bertz CT molecular complexity index is 158. The Morgan fingerprint density at radius 3 is 2.58 bits per heavy atom. The minimum Gasteiger partial charge on any atom is -0.328 e. The fourth-order valence-electron chi connectivity index (χ4n) is 2.79. The normalized spacial score (nSPS) is 44.0. The molecule has 1 saturated carbocycles. The van der Waals surface area contributed by atoms with Gasteiger partial charge in [-0.25, -0.2) is 0 Å². The van der Waals surface area contributed by atoms with Crippen molar-refractivity contribution in [3.63, 3.8) is 0 Å². The van der Waals surface area contributed by atoms with Gasteiger partial charge in [-0.05, 0) is 45.6 Å². The second-order valence-corrected chi connectivity index (χ2v) is 4.46. The molecular weight excluding hydrogens is 148 g/mol. The zero-order valence-electron chi connectivity index (χ0n) is 8.00. The van der Waals surface area contributed by atoms with Gasteiger partial charge in [-0.15, -0.1) is 0 Å². The maximum atomic E-state index is 5.91. The first-order chi connectivity index (χ1) is 5.77. The Labute approximate surface area is 75.1 Å². The lowest BCUT2D eigenvalue weighted by Crippen LogP contribution is -2.36. The molecule has 2 heteroatoms. The molecule has 0 radical (unpaired) electrons. The third-order valence-corrected chi connectivity index (χ3v) is 3.52. The maximum Gasteiger partial charge on any atom is 0.0113 e. The van der Waals surface area contributed by atoms with Gasteiger partial charge in [0.1, 0.15) is 0 Å². The third kappa shape index (κ3) is 1.50. The number of rotatable bonds is 1. The summed E-state index contributed by atoms with van der Waals surface area (Å²) in [4.78, 5) is 2.67. The summed E-state index contributed by atoms with van der Waals surface area (Å²) in [5.41, 5.74) is 5.91. The highest BCUT2D eigenvalue weighted by Gasteiger charge is 2.32. The van der Waals surface area contributed by atoms with Crippen molar-refractivity contribution in [3.8, 4) is 0 Å². The highest BCUT2D eigenvalue weighted by atomic mass is 15.2. The summed E-state index contributed by atoms with van der Waals surface area (Å²) in [5.74, 6) is 0. The molecule has 0 amide bonds. The Kier molecular flexibility index (Phi) is 2.37. The standard InChI is InChI=1S/C10H20N2/c1-8-3-2-6-12(8)10-5-4-9(11)7-10/h8-10H,2-7,11H2,1H3. The molecule has 2 aliphatic rings. The van der Waals surface area contributed by atoms with Crippen LogP contribution in [0, 0.1) is 0 Å². The Balaban J connectivity index is 1.91. The lowest BCUT2D eigenvalue weighted by Gasteiger charge is -2.28. The molecule has 2 fully saturated rings. The molecule has 2 nitrogen and oxygen atoms in total. The molecule has 0 spiro atoms. The van der Waals surface area contributed by atoms with E-state index in [9.17, 15) is 0 Å². The molecule has 2 N–H and O–H groups in total. The molecule has 0 aromatic rings. The smallest absolute Gasteiger partial charge is 0.0113 e. The first-order valence-corrected chi connectivity index (χ1v) is 5.28. The second kappa shape index (κ2) is 3.35. The molecule has 0 aromatic heterocycles. The fourth-order valence-corrected chi connectivity index (χ4v) is 2.79. The second-order valence-electron chi connectivity index (χ2n) is 4.46. The molecule has 0 bridgehead atoms. The average Bonchev–Trinajstić information content (AvgIpc) is 2.58. The van der Waals surface area contributed by atoms with Gasteiger partial charge >= 0.3 is 0 Å². The van der Waals surface area contributed by atoms with Crippen LogP contribution >= 0.6 is 0 Å². The van der Waals surface area contributed by atoms with Crippen LogP contribution in [0.3, 0.4) is 0 Å². The van der Waals surface area contributed by atoms with E-state index >= 15 is 0 Å². The SMILES string of the molecule is CC1CCCN1C1CCC(N)C1. The summed E-state index contributed by atoms with van der Waals surface area (Å²) in [6.45, 7) is 3.68. The van der Waals surface area contributed by atoms with Crippen LogP contribution in [0.4, 0.5) is 0 Å². The van der Waals surface area contributed by atoms with Crippen molar-refractivity contribution in [1.29, 1.82) is 0 Å². The summed E-state index contributed by atoms with van der Waals surface area (Å²) in [5, 5.41) is 0. The van der Waals surface area contributed by atoms with Crippen LogP contribution in [0.1, 0.15) is 39.0 Å². The van der Waals surface area contributed by atoms with E-state index in [1.54, 1.807) is 0 Å². The molecule has 1 heterocycles. The molecule has 1 aliphatic carbocycles. The maximum absolute atomic E-state index is 5.91. The Morgan fingerprint density at radius 2 is 2.08 bits per heavy atom. The Hall–Kier alpha value is -0.0800. The van der Waals surface area contributed by atoms with Crippen molar-refractivity contribution in [2.24, 2.45) is 5.73 Å². The monoisotopic (exact) mass is 168 g/mol. The highest BCUT2D eigenvalue weighted by Crippen LogP contribution is 2.29. The third-order valence-electron chi connectivity index (χ3n) is 3.52. The number of nitrogens with two attached hydrogens (primary N) is 1. The summed E-state index contributed by atoms with van der Waals surface area (Å²) < 4.78 is 0. The van der Waals surface area contributed by atoms with Crippen molar-refractivity contribution in [1.82, 2.24) is 4.90 Å². The van der Waals surface area contributed by atoms with Crippen LogP contribution in [-0.2, 0) is 0 Å². The summed E-state index contributed by atoms with van der Waals surface area (Å²) in [6.07, 6.45) is 6.61. The molecule has 3 atom stereocenters. The van der Waals surface area contributed by atoms with E-state index in [0.29, 0.717) is 6.04 Å². The quantitative estimate of drug-likeness (QED) is 0.640. The molecule has 70 valence electrons. The molecular formula is C10H20N2. The van der Waals surface area contributed by atoms with E-state index in [1.165, 1.54) is 38.6 Å². The van der Waals surface area contributed by atoms with Gasteiger partial charge in [0, 0.05) is 18.1 Å². The predicted molar refractivity (Wildman–Crippen MR) is 51.0 cm³/mol. The van der Waals surface area contributed by atoms with Gasteiger partial charge in [0.2, 0.25) is 0 Å².